The zero-order valence-electron chi connectivity index (χ0n) is 12.6. The van der Waals surface area contributed by atoms with E-state index in [1.54, 1.807) is 0 Å². The Labute approximate surface area is 121 Å². The maximum atomic E-state index is 12.1. The lowest BCUT2D eigenvalue weighted by atomic mass is 10.1. The Morgan fingerprint density at radius 2 is 2.30 bits per heavy atom. The molecule has 1 N–H and O–H groups in total. The van der Waals surface area contributed by atoms with Crippen LogP contribution in [-0.2, 0) is 14.3 Å². The fraction of sp³-hybridized carbons (Fsp3) is 0.867. The van der Waals surface area contributed by atoms with Gasteiger partial charge < -0.3 is 15.0 Å². The summed E-state index contributed by atoms with van der Waals surface area (Å²) in [5.74, 6) is 0.509. The molecule has 0 spiro atoms. The molecular formula is C15H26N2O3. The molecule has 2 atom stereocenters. The van der Waals surface area contributed by atoms with Crippen LogP contribution in [0.3, 0.4) is 0 Å². The minimum atomic E-state index is -0.184. The number of nitrogens with one attached hydrogen (secondary N) is 1. The topological polar surface area (TPSA) is 58.6 Å². The smallest absolute Gasteiger partial charge is 0.225 e. The van der Waals surface area contributed by atoms with Gasteiger partial charge in [-0.3, -0.25) is 9.59 Å². The average Bonchev–Trinajstić information content (AvgIpc) is 3.03. The van der Waals surface area contributed by atoms with Crippen LogP contribution in [0.4, 0.5) is 0 Å². The molecule has 0 aliphatic carbocycles. The number of carbonyl (C=O) groups excluding carboxylic acids is 2. The van der Waals surface area contributed by atoms with Crippen LogP contribution < -0.4 is 5.32 Å². The van der Waals surface area contributed by atoms with E-state index < -0.39 is 0 Å². The normalized spacial score (nSPS) is 26.6. The highest BCUT2D eigenvalue weighted by atomic mass is 16.5. The standard InChI is InChI=1S/C15H26N2O3/c1-11(2)5-6-17-10-12(8-14(17)18)15(19)16-9-13-4-3-7-20-13/h11-13H,3-10H2,1-2H3,(H,16,19). The zero-order valence-corrected chi connectivity index (χ0v) is 12.6. The molecule has 2 saturated heterocycles. The van der Waals surface area contributed by atoms with E-state index in [-0.39, 0.29) is 23.8 Å². The first-order chi connectivity index (χ1) is 9.56. The highest BCUT2D eigenvalue weighted by molar-refractivity contribution is 5.89. The van der Waals surface area contributed by atoms with Crippen molar-refractivity contribution in [1.29, 1.82) is 0 Å². The second kappa shape index (κ2) is 7.07. The molecule has 0 saturated carbocycles. The van der Waals surface area contributed by atoms with Crippen LogP contribution >= 0.6 is 0 Å². The summed E-state index contributed by atoms with van der Waals surface area (Å²) in [6.45, 7) is 7.01. The van der Waals surface area contributed by atoms with Crippen molar-refractivity contribution in [1.82, 2.24) is 10.2 Å². The van der Waals surface area contributed by atoms with Gasteiger partial charge in [-0.25, -0.2) is 0 Å². The zero-order chi connectivity index (χ0) is 14.5. The molecule has 2 amide bonds. The summed E-state index contributed by atoms with van der Waals surface area (Å²) in [4.78, 5) is 25.8. The molecule has 5 heteroatoms. The van der Waals surface area contributed by atoms with E-state index in [9.17, 15) is 9.59 Å². The molecule has 114 valence electrons. The number of ether oxygens (including phenoxy) is 1. The van der Waals surface area contributed by atoms with Gasteiger partial charge in [0.1, 0.15) is 0 Å². The number of hydrogen-bond donors (Lipinski definition) is 1. The summed E-state index contributed by atoms with van der Waals surface area (Å²) in [6.07, 6.45) is 3.61. The maximum absolute atomic E-state index is 12.1. The van der Waals surface area contributed by atoms with Gasteiger partial charge >= 0.3 is 0 Å². The summed E-state index contributed by atoms with van der Waals surface area (Å²) < 4.78 is 5.48. The molecular weight excluding hydrogens is 256 g/mol. The number of likely N-dealkylation sites (tertiary alicyclic amines) is 1. The molecule has 0 radical (unpaired) electrons. The summed E-state index contributed by atoms with van der Waals surface area (Å²) >= 11 is 0. The van der Waals surface area contributed by atoms with Gasteiger partial charge in [0, 0.05) is 32.7 Å². The monoisotopic (exact) mass is 282 g/mol. The number of rotatable bonds is 6. The van der Waals surface area contributed by atoms with Crippen molar-refractivity contribution < 1.29 is 14.3 Å². The number of amides is 2. The van der Waals surface area contributed by atoms with E-state index in [0.29, 0.717) is 25.4 Å². The molecule has 2 fully saturated rings. The van der Waals surface area contributed by atoms with Crippen molar-refractivity contribution in [3.63, 3.8) is 0 Å². The molecule has 2 aliphatic heterocycles. The highest BCUT2D eigenvalue weighted by Crippen LogP contribution is 2.19. The lowest BCUT2D eigenvalue weighted by Gasteiger charge is -2.18. The van der Waals surface area contributed by atoms with Gasteiger partial charge in [-0.15, -0.1) is 0 Å². The Bertz CT molecular complexity index is 351. The molecule has 2 heterocycles. The SMILES string of the molecule is CC(C)CCN1CC(C(=O)NCC2CCCO2)CC1=O. The Morgan fingerprint density at radius 3 is 2.95 bits per heavy atom. The fourth-order valence-corrected chi connectivity index (χ4v) is 2.74. The van der Waals surface area contributed by atoms with E-state index in [1.165, 1.54) is 0 Å². The second-order valence-electron chi connectivity index (χ2n) is 6.30. The molecule has 0 aromatic heterocycles. The Hall–Kier alpha value is -1.10. The van der Waals surface area contributed by atoms with Gasteiger partial charge in [0.2, 0.25) is 11.8 Å². The molecule has 2 rings (SSSR count). The van der Waals surface area contributed by atoms with Crippen molar-refractivity contribution in [2.24, 2.45) is 11.8 Å². The van der Waals surface area contributed by atoms with Crippen molar-refractivity contribution in [3.8, 4) is 0 Å². The Morgan fingerprint density at radius 1 is 1.50 bits per heavy atom. The van der Waals surface area contributed by atoms with Crippen molar-refractivity contribution >= 4 is 11.8 Å². The third kappa shape index (κ3) is 4.20. The average molecular weight is 282 g/mol. The lowest BCUT2D eigenvalue weighted by Crippen LogP contribution is -2.37. The lowest BCUT2D eigenvalue weighted by molar-refractivity contribution is -0.129. The largest absolute Gasteiger partial charge is 0.376 e. The third-order valence-electron chi connectivity index (χ3n) is 4.09. The van der Waals surface area contributed by atoms with Crippen LogP contribution in [0.25, 0.3) is 0 Å². The van der Waals surface area contributed by atoms with Crippen molar-refractivity contribution in [3.05, 3.63) is 0 Å². The van der Waals surface area contributed by atoms with E-state index in [2.05, 4.69) is 19.2 Å². The Balaban J connectivity index is 1.72. The van der Waals surface area contributed by atoms with Gasteiger partial charge in [0.15, 0.2) is 0 Å². The van der Waals surface area contributed by atoms with E-state index in [1.807, 2.05) is 4.90 Å². The van der Waals surface area contributed by atoms with Crippen LogP contribution in [0.15, 0.2) is 0 Å². The molecule has 2 aliphatic rings. The number of nitrogens with zero attached hydrogens (tertiary/aromatic N) is 1. The van der Waals surface area contributed by atoms with Crippen LogP contribution in [0, 0.1) is 11.8 Å². The minimum absolute atomic E-state index is 0.000830. The molecule has 20 heavy (non-hydrogen) atoms. The van der Waals surface area contributed by atoms with Gasteiger partial charge in [-0.05, 0) is 25.2 Å². The van der Waals surface area contributed by atoms with Gasteiger partial charge in [0.05, 0.1) is 12.0 Å². The molecule has 2 unspecified atom stereocenters. The van der Waals surface area contributed by atoms with Crippen LogP contribution in [0.1, 0.15) is 39.5 Å². The van der Waals surface area contributed by atoms with Gasteiger partial charge in [-0.2, -0.15) is 0 Å². The quantitative estimate of drug-likeness (QED) is 0.796. The minimum Gasteiger partial charge on any atom is -0.376 e. The van der Waals surface area contributed by atoms with E-state index >= 15 is 0 Å². The van der Waals surface area contributed by atoms with Crippen LogP contribution in [-0.4, -0.2) is 49.1 Å². The summed E-state index contributed by atoms with van der Waals surface area (Å²) in [5, 5.41) is 2.93. The van der Waals surface area contributed by atoms with Gasteiger partial charge in [-0.1, -0.05) is 13.8 Å². The molecule has 5 nitrogen and oxygen atoms in total. The van der Waals surface area contributed by atoms with Crippen molar-refractivity contribution in [2.75, 3.05) is 26.2 Å². The summed E-state index contributed by atoms with van der Waals surface area (Å²) in [7, 11) is 0. The first-order valence-electron chi connectivity index (χ1n) is 7.73. The maximum Gasteiger partial charge on any atom is 0.225 e. The first-order valence-corrected chi connectivity index (χ1v) is 7.73. The third-order valence-corrected chi connectivity index (χ3v) is 4.09. The molecule has 0 aromatic rings. The van der Waals surface area contributed by atoms with Crippen molar-refractivity contribution in [2.45, 2.75) is 45.6 Å². The predicted molar refractivity (Wildman–Crippen MR) is 76.1 cm³/mol. The van der Waals surface area contributed by atoms with E-state index in [4.69, 9.17) is 4.74 Å². The fourth-order valence-electron chi connectivity index (χ4n) is 2.74. The van der Waals surface area contributed by atoms with E-state index in [0.717, 1.165) is 32.4 Å². The Kier molecular flexibility index (Phi) is 5.40. The highest BCUT2D eigenvalue weighted by Gasteiger charge is 2.34. The second-order valence-corrected chi connectivity index (χ2v) is 6.30. The summed E-state index contributed by atoms with van der Waals surface area (Å²) in [5.41, 5.74) is 0. The predicted octanol–water partition coefficient (Wildman–Crippen LogP) is 1.18. The molecule has 0 aromatic carbocycles. The van der Waals surface area contributed by atoms with Crippen LogP contribution in [0.5, 0.6) is 0 Å². The first kappa shape index (κ1) is 15.3. The number of carbonyl (C=O) groups is 2. The number of hydrogen-bond acceptors (Lipinski definition) is 3. The molecule has 0 bridgehead atoms. The van der Waals surface area contributed by atoms with Crippen LogP contribution in [0.2, 0.25) is 0 Å². The summed E-state index contributed by atoms with van der Waals surface area (Å²) in [6, 6.07) is 0. The van der Waals surface area contributed by atoms with Gasteiger partial charge in [0.25, 0.3) is 0 Å².